The topological polar surface area (TPSA) is 37.3 Å². The van der Waals surface area contributed by atoms with E-state index in [-0.39, 0.29) is 0 Å². The number of carboxylic acids is 1. The summed E-state index contributed by atoms with van der Waals surface area (Å²) in [6.45, 7) is 0. The van der Waals surface area contributed by atoms with E-state index < -0.39 is 5.97 Å². The minimum atomic E-state index is -0.655. The number of rotatable bonds is 10. The minimum absolute atomic E-state index is 0.334. The molecule has 0 spiro atoms. The molecular formula is C20H28O2S2. The first-order valence-corrected chi connectivity index (χ1v) is 11.2. The molecule has 0 radical (unpaired) electrons. The van der Waals surface area contributed by atoms with Crippen LogP contribution in [-0.4, -0.2) is 27.3 Å². The second-order valence-corrected chi connectivity index (χ2v) is 9.67. The zero-order chi connectivity index (χ0) is 16.8. The number of hydrogen-bond acceptors (Lipinski definition) is 3. The highest BCUT2D eigenvalue weighted by atomic mass is 32.2. The molecule has 2 heterocycles. The van der Waals surface area contributed by atoms with Crippen LogP contribution in [0.15, 0.2) is 35.2 Å². The van der Waals surface area contributed by atoms with E-state index in [2.05, 4.69) is 42.1 Å². The van der Waals surface area contributed by atoms with Crippen LogP contribution in [0.1, 0.15) is 51.4 Å². The average Bonchev–Trinajstić information content (AvgIpc) is 3.18. The molecule has 0 aliphatic carbocycles. The molecule has 1 aromatic rings. The molecular weight excluding hydrogens is 336 g/mol. The Balaban J connectivity index is 1.42. The van der Waals surface area contributed by atoms with E-state index in [0.717, 1.165) is 35.2 Å². The summed E-state index contributed by atoms with van der Waals surface area (Å²) in [4.78, 5) is 12.0. The van der Waals surface area contributed by atoms with Gasteiger partial charge in [0, 0.05) is 27.6 Å². The monoisotopic (exact) mass is 364 g/mol. The maximum atomic E-state index is 10.6. The highest BCUT2D eigenvalue weighted by molar-refractivity contribution is 8.01. The summed E-state index contributed by atoms with van der Waals surface area (Å²) in [6, 6.07) is 10.8. The van der Waals surface area contributed by atoms with Gasteiger partial charge in [-0.3, -0.25) is 4.79 Å². The Morgan fingerprint density at radius 1 is 1.04 bits per heavy atom. The Hall–Kier alpha value is -0.610. The lowest BCUT2D eigenvalue weighted by molar-refractivity contribution is -0.137. The predicted octanol–water partition coefficient (Wildman–Crippen LogP) is 5.71. The highest BCUT2D eigenvalue weighted by Gasteiger charge is 2.47. The second kappa shape index (κ2) is 9.19. The maximum absolute atomic E-state index is 10.6. The molecule has 2 bridgehead atoms. The summed E-state index contributed by atoms with van der Waals surface area (Å²) in [7, 11) is 0. The number of carboxylic acid groups (broad SMARTS) is 1. The molecule has 0 aromatic heterocycles. The van der Waals surface area contributed by atoms with E-state index in [1.165, 1.54) is 42.8 Å². The van der Waals surface area contributed by atoms with Crippen molar-refractivity contribution in [2.75, 3.05) is 5.75 Å². The summed E-state index contributed by atoms with van der Waals surface area (Å²) < 4.78 is 0. The van der Waals surface area contributed by atoms with E-state index in [0.29, 0.717) is 6.42 Å². The van der Waals surface area contributed by atoms with Crippen LogP contribution in [0.3, 0.4) is 0 Å². The lowest BCUT2D eigenvalue weighted by Gasteiger charge is -2.29. The molecule has 0 saturated carbocycles. The zero-order valence-corrected chi connectivity index (χ0v) is 15.9. The first kappa shape index (κ1) is 18.2. The molecule has 2 fully saturated rings. The normalized spacial score (nSPS) is 28.3. The van der Waals surface area contributed by atoms with Crippen molar-refractivity contribution in [2.45, 2.75) is 66.8 Å². The molecule has 24 heavy (non-hydrogen) atoms. The van der Waals surface area contributed by atoms with Gasteiger partial charge in [0.1, 0.15) is 0 Å². The number of unbranched alkanes of at least 4 members (excludes halogenated alkanes) is 3. The quantitative estimate of drug-likeness (QED) is 0.426. The van der Waals surface area contributed by atoms with Crippen molar-refractivity contribution in [1.82, 2.24) is 0 Å². The lowest BCUT2D eigenvalue weighted by atomic mass is 9.77. The lowest BCUT2D eigenvalue weighted by Crippen LogP contribution is -2.29. The molecule has 3 rings (SSSR count). The fraction of sp³-hybridized carbons (Fsp3) is 0.650. The molecule has 2 nitrogen and oxygen atoms in total. The molecule has 0 unspecified atom stereocenters. The fourth-order valence-corrected chi connectivity index (χ4v) is 7.59. The van der Waals surface area contributed by atoms with E-state index in [4.69, 9.17) is 5.11 Å². The SMILES string of the molecule is O=C(O)CCCCCC[C@@H]1[C@H](CSc2ccccc2)[C@@H]2CC[C@H]1S2. The maximum Gasteiger partial charge on any atom is 0.303 e. The van der Waals surface area contributed by atoms with Crippen LogP contribution in [0.5, 0.6) is 0 Å². The van der Waals surface area contributed by atoms with Crippen molar-refractivity contribution < 1.29 is 9.90 Å². The molecule has 4 atom stereocenters. The van der Waals surface area contributed by atoms with Crippen LogP contribution in [0.25, 0.3) is 0 Å². The second-order valence-electron chi connectivity index (χ2n) is 7.09. The van der Waals surface area contributed by atoms with Crippen molar-refractivity contribution in [3.05, 3.63) is 30.3 Å². The van der Waals surface area contributed by atoms with Crippen molar-refractivity contribution in [3.8, 4) is 0 Å². The summed E-state index contributed by atoms with van der Waals surface area (Å²) in [5.41, 5.74) is 0. The standard InChI is InChI=1S/C20H28O2S2/c21-20(22)11-7-2-1-6-10-16-17(19-13-12-18(16)24-19)14-23-15-8-4-3-5-9-15/h3-5,8-9,16-19H,1-2,6-7,10-14H2,(H,21,22)/t16-,17+,18-,19+/m1/s1. The van der Waals surface area contributed by atoms with Gasteiger partial charge in [0.15, 0.2) is 0 Å². The molecule has 4 heteroatoms. The number of aliphatic carboxylic acids is 1. The largest absolute Gasteiger partial charge is 0.481 e. The first-order valence-electron chi connectivity index (χ1n) is 9.29. The number of benzene rings is 1. The molecule has 1 N–H and O–H groups in total. The third-order valence-corrected chi connectivity index (χ3v) is 8.48. The predicted molar refractivity (Wildman–Crippen MR) is 104 cm³/mol. The van der Waals surface area contributed by atoms with Gasteiger partial charge in [-0.05, 0) is 49.7 Å². The van der Waals surface area contributed by atoms with E-state index in [9.17, 15) is 4.79 Å². The first-order chi connectivity index (χ1) is 11.7. The Morgan fingerprint density at radius 3 is 2.50 bits per heavy atom. The number of thioether (sulfide) groups is 2. The third-order valence-electron chi connectivity index (χ3n) is 5.45. The van der Waals surface area contributed by atoms with Crippen LogP contribution >= 0.6 is 23.5 Å². The van der Waals surface area contributed by atoms with Gasteiger partial charge in [-0.25, -0.2) is 0 Å². The van der Waals surface area contributed by atoms with Crippen LogP contribution in [-0.2, 0) is 4.79 Å². The van der Waals surface area contributed by atoms with Crippen LogP contribution in [0.4, 0.5) is 0 Å². The fourth-order valence-electron chi connectivity index (χ4n) is 4.22. The Morgan fingerprint density at radius 2 is 1.75 bits per heavy atom. The summed E-state index contributed by atoms with van der Waals surface area (Å²) in [5.74, 6) is 2.38. The summed E-state index contributed by atoms with van der Waals surface area (Å²) in [6.07, 6.45) is 8.92. The van der Waals surface area contributed by atoms with Crippen molar-refractivity contribution >= 4 is 29.5 Å². The Labute approximate surface area is 154 Å². The molecule has 0 amide bonds. The van der Waals surface area contributed by atoms with Crippen molar-refractivity contribution in [1.29, 1.82) is 0 Å². The van der Waals surface area contributed by atoms with Crippen molar-refractivity contribution in [2.24, 2.45) is 11.8 Å². The number of fused-ring (bicyclic) bond motifs is 2. The molecule has 2 aliphatic heterocycles. The zero-order valence-electron chi connectivity index (χ0n) is 14.2. The van der Waals surface area contributed by atoms with Gasteiger partial charge < -0.3 is 5.11 Å². The van der Waals surface area contributed by atoms with Crippen LogP contribution in [0, 0.1) is 11.8 Å². The van der Waals surface area contributed by atoms with Gasteiger partial charge in [0.25, 0.3) is 0 Å². The van der Waals surface area contributed by atoms with E-state index in [1.807, 2.05) is 11.8 Å². The van der Waals surface area contributed by atoms with Gasteiger partial charge in [0.05, 0.1) is 0 Å². The van der Waals surface area contributed by atoms with Gasteiger partial charge in [-0.15, -0.1) is 11.8 Å². The van der Waals surface area contributed by atoms with Gasteiger partial charge in [0.2, 0.25) is 0 Å². The summed E-state index contributed by atoms with van der Waals surface area (Å²) >= 11 is 4.30. The Bertz CT molecular complexity index is 520. The van der Waals surface area contributed by atoms with Crippen LogP contribution in [0.2, 0.25) is 0 Å². The summed E-state index contributed by atoms with van der Waals surface area (Å²) in [5, 5.41) is 10.5. The molecule has 1 aromatic carbocycles. The molecule has 2 saturated heterocycles. The molecule has 132 valence electrons. The minimum Gasteiger partial charge on any atom is -0.481 e. The highest BCUT2D eigenvalue weighted by Crippen LogP contribution is 2.55. The van der Waals surface area contributed by atoms with Gasteiger partial charge >= 0.3 is 5.97 Å². The van der Waals surface area contributed by atoms with E-state index >= 15 is 0 Å². The van der Waals surface area contributed by atoms with E-state index in [1.54, 1.807) is 0 Å². The number of hydrogen-bond donors (Lipinski definition) is 1. The smallest absolute Gasteiger partial charge is 0.303 e. The Kier molecular flexibility index (Phi) is 6.96. The molecule has 2 aliphatic rings. The third kappa shape index (κ3) is 4.95. The number of carbonyl (C=O) groups is 1. The van der Waals surface area contributed by atoms with Crippen molar-refractivity contribution in [3.63, 3.8) is 0 Å². The van der Waals surface area contributed by atoms with Crippen LogP contribution < -0.4 is 0 Å². The average molecular weight is 365 g/mol. The van der Waals surface area contributed by atoms with Gasteiger partial charge in [-0.1, -0.05) is 37.5 Å². The van der Waals surface area contributed by atoms with Gasteiger partial charge in [-0.2, -0.15) is 11.8 Å².